The van der Waals surface area contributed by atoms with Crippen molar-refractivity contribution >= 4 is 0 Å². The van der Waals surface area contributed by atoms with E-state index >= 15 is 0 Å². The molecule has 0 aromatic heterocycles. The quantitative estimate of drug-likeness (QED) is 0.609. The fraction of sp³-hybridized carbons (Fsp3) is 0.778. The molecular formula is C9H17NO. The molecule has 1 atom stereocenters. The first-order valence-electron chi connectivity index (χ1n) is 4.39. The van der Waals surface area contributed by atoms with Gasteiger partial charge in [-0.1, -0.05) is 12.5 Å². The summed E-state index contributed by atoms with van der Waals surface area (Å²) in [5, 5.41) is 9.51. The second-order valence-electron chi connectivity index (χ2n) is 3.04. The largest absolute Gasteiger partial charge is 0.375 e. The molecule has 1 fully saturated rings. The first-order chi connectivity index (χ1) is 5.34. The van der Waals surface area contributed by atoms with Crippen LogP contribution >= 0.6 is 0 Å². The highest BCUT2D eigenvalue weighted by atomic mass is 16.3. The minimum absolute atomic E-state index is 0.347. The molecule has 1 aliphatic rings. The lowest BCUT2D eigenvalue weighted by Crippen LogP contribution is -2.37. The Morgan fingerprint density at radius 1 is 1.27 bits per heavy atom. The number of hydrogen-bond acceptors (Lipinski definition) is 2. The van der Waals surface area contributed by atoms with Gasteiger partial charge in [-0.2, -0.15) is 0 Å². The van der Waals surface area contributed by atoms with Gasteiger partial charge in [-0.3, -0.25) is 4.90 Å². The minimum atomic E-state index is -0.347. The summed E-state index contributed by atoms with van der Waals surface area (Å²) >= 11 is 0. The molecule has 0 aromatic rings. The van der Waals surface area contributed by atoms with E-state index in [1.165, 1.54) is 19.3 Å². The summed E-state index contributed by atoms with van der Waals surface area (Å²) in [5.74, 6) is 0. The highest BCUT2D eigenvalue weighted by Gasteiger charge is 2.14. The average Bonchev–Trinajstić information content (AvgIpc) is 2.07. The first kappa shape index (κ1) is 8.75. The van der Waals surface area contributed by atoms with Crippen LogP contribution in [0.15, 0.2) is 12.2 Å². The van der Waals surface area contributed by atoms with Crippen molar-refractivity contribution in [2.24, 2.45) is 0 Å². The molecule has 1 unspecified atom stereocenters. The lowest BCUT2D eigenvalue weighted by Gasteiger charge is -2.29. The Morgan fingerprint density at radius 2 is 1.91 bits per heavy atom. The summed E-state index contributed by atoms with van der Waals surface area (Å²) in [7, 11) is 0. The van der Waals surface area contributed by atoms with Gasteiger partial charge in [0.15, 0.2) is 0 Å². The molecule has 1 N–H and O–H groups in total. The van der Waals surface area contributed by atoms with Crippen LogP contribution in [0.2, 0.25) is 0 Å². The van der Waals surface area contributed by atoms with Gasteiger partial charge < -0.3 is 5.11 Å². The van der Waals surface area contributed by atoms with E-state index in [1.54, 1.807) is 0 Å². The summed E-state index contributed by atoms with van der Waals surface area (Å²) in [6.07, 6.45) is 7.17. The molecular weight excluding hydrogens is 138 g/mol. The molecule has 0 amide bonds. The second-order valence-corrected chi connectivity index (χ2v) is 3.04. The zero-order chi connectivity index (χ0) is 8.10. The van der Waals surface area contributed by atoms with Crippen molar-refractivity contribution in [3.05, 3.63) is 12.2 Å². The van der Waals surface area contributed by atoms with Crippen LogP contribution in [0.3, 0.4) is 0 Å². The van der Waals surface area contributed by atoms with E-state index < -0.39 is 0 Å². The summed E-state index contributed by atoms with van der Waals surface area (Å²) in [4.78, 5) is 2.11. The summed E-state index contributed by atoms with van der Waals surface area (Å²) in [6, 6.07) is 0. The van der Waals surface area contributed by atoms with E-state index in [1.807, 2.05) is 19.1 Å². The van der Waals surface area contributed by atoms with Crippen molar-refractivity contribution in [1.82, 2.24) is 4.90 Å². The van der Waals surface area contributed by atoms with Gasteiger partial charge in [0.25, 0.3) is 0 Å². The maximum atomic E-state index is 9.51. The Bertz CT molecular complexity index is 128. The smallest absolute Gasteiger partial charge is 0.126 e. The SMILES string of the molecule is C/C=C/C(O)N1CCCCC1. The van der Waals surface area contributed by atoms with Gasteiger partial charge in [-0.15, -0.1) is 0 Å². The number of aliphatic hydroxyl groups is 1. The highest BCUT2D eigenvalue weighted by molar-refractivity contribution is 4.86. The fourth-order valence-electron chi connectivity index (χ4n) is 1.48. The predicted molar refractivity (Wildman–Crippen MR) is 46.2 cm³/mol. The molecule has 64 valence electrons. The van der Waals surface area contributed by atoms with Crippen LogP contribution in [0.1, 0.15) is 26.2 Å². The Hall–Kier alpha value is -0.340. The van der Waals surface area contributed by atoms with Crippen LogP contribution in [-0.2, 0) is 0 Å². The lowest BCUT2D eigenvalue weighted by atomic mass is 10.1. The topological polar surface area (TPSA) is 23.5 Å². The average molecular weight is 155 g/mol. The Balaban J connectivity index is 2.32. The van der Waals surface area contributed by atoms with Crippen molar-refractivity contribution in [3.63, 3.8) is 0 Å². The third-order valence-electron chi connectivity index (χ3n) is 2.13. The second kappa shape index (κ2) is 4.52. The van der Waals surface area contributed by atoms with Crippen LogP contribution in [0.25, 0.3) is 0 Å². The van der Waals surface area contributed by atoms with E-state index in [0.717, 1.165) is 13.1 Å². The number of likely N-dealkylation sites (tertiary alicyclic amines) is 1. The molecule has 0 radical (unpaired) electrons. The molecule has 2 heteroatoms. The Labute approximate surface area is 68.5 Å². The van der Waals surface area contributed by atoms with Gasteiger partial charge in [0.05, 0.1) is 0 Å². The van der Waals surface area contributed by atoms with Gasteiger partial charge in [0.1, 0.15) is 6.23 Å². The van der Waals surface area contributed by atoms with Gasteiger partial charge in [-0.25, -0.2) is 0 Å². The monoisotopic (exact) mass is 155 g/mol. The van der Waals surface area contributed by atoms with Crippen molar-refractivity contribution in [2.45, 2.75) is 32.4 Å². The van der Waals surface area contributed by atoms with Crippen molar-refractivity contribution < 1.29 is 5.11 Å². The number of allylic oxidation sites excluding steroid dienone is 1. The molecule has 0 aliphatic carbocycles. The lowest BCUT2D eigenvalue weighted by molar-refractivity contribution is 0.0282. The maximum Gasteiger partial charge on any atom is 0.126 e. The van der Waals surface area contributed by atoms with Crippen LogP contribution in [0, 0.1) is 0 Å². The zero-order valence-corrected chi connectivity index (χ0v) is 7.16. The summed E-state index contributed by atoms with van der Waals surface area (Å²) < 4.78 is 0. The number of piperidine rings is 1. The van der Waals surface area contributed by atoms with Crippen molar-refractivity contribution in [2.75, 3.05) is 13.1 Å². The highest BCUT2D eigenvalue weighted by Crippen LogP contribution is 2.11. The number of rotatable bonds is 2. The summed E-state index contributed by atoms with van der Waals surface area (Å²) in [6.45, 7) is 4.03. The zero-order valence-electron chi connectivity index (χ0n) is 7.16. The molecule has 0 spiro atoms. The van der Waals surface area contributed by atoms with E-state index in [-0.39, 0.29) is 6.23 Å². The molecule has 1 saturated heterocycles. The van der Waals surface area contributed by atoms with Gasteiger partial charge in [-0.05, 0) is 25.8 Å². The molecule has 0 saturated carbocycles. The minimum Gasteiger partial charge on any atom is -0.375 e. The van der Waals surface area contributed by atoms with E-state index in [2.05, 4.69) is 4.90 Å². The molecule has 0 aromatic carbocycles. The first-order valence-corrected chi connectivity index (χ1v) is 4.39. The normalized spacial score (nSPS) is 24.2. The predicted octanol–water partition coefficient (Wildman–Crippen LogP) is 1.37. The van der Waals surface area contributed by atoms with Gasteiger partial charge in [0, 0.05) is 13.1 Å². The number of nitrogens with zero attached hydrogens (tertiary/aromatic N) is 1. The van der Waals surface area contributed by atoms with Gasteiger partial charge >= 0.3 is 0 Å². The third kappa shape index (κ3) is 2.64. The van der Waals surface area contributed by atoms with E-state index in [0.29, 0.717) is 0 Å². The fourth-order valence-corrected chi connectivity index (χ4v) is 1.48. The van der Waals surface area contributed by atoms with Crippen LogP contribution < -0.4 is 0 Å². The van der Waals surface area contributed by atoms with Crippen LogP contribution in [0.4, 0.5) is 0 Å². The number of aliphatic hydroxyl groups excluding tert-OH is 1. The van der Waals surface area contributed by atoms with Crippen molar-refractivity contribution in [3.8, 4) is 0 Å². The molecule has 0 bridgehead atoms. The standard InChI is InChI=1S/C9H17NO/c1-2-6-9(11)10-7-4-3-5-8-10/h2,6,9,11H,3-5,7-8H2,1H3/b6-2+. The maximum absolute atomic E-state index is 9.51. The summed E-state index contributed by atoms with van der Waals surface area (Å²) in [5.41, 5.74) is 0. The molecule has 1 rings (SSSR count). The number of hydrogen-bond donors (Lipinski definition) is 1. The van der Waals surface area contributed by atoms with Crippen LogP contribution in [-0.4, -0.2) is 29.3 Å². The molecule has 1 heterocycles. The van der Waals surface area contributed by atoms with E-state index in [9.17, 15) is 5.11 Å². The van der Waals surface area contributed by atoms with Crippen LogP contribution in [0.5, 0.6) is 0 Å². The molecule has 11 heavy (non-hydrogen) atoms. The van der Waals surface area contributed by atoms with E-state index in [4.69, 9.17) is 0 Å². The molecule has 2 nitrogen and oxygen atoms in total. The Kier molecular flexibility index (Phi) is 3.60. The van der Waals surface area contributed by atoms with Crippen molar-refractivity contribution in [1.29, 1.82) is 0 Å². The third-order valence-corrected chi connectivity index (χ3v) is 2.13. The Morgan fingerprint density at radius 3 is 2.45 bits per heavy atom. The van der Waals surface area contributed by atoms with Gasteiger partial charge in [0.2, 0.25) is 0 Å². The molecule has 1 aliphatic heterocycles.